The molecule has 0 saturated carbocycles. The molecule has 0 fully saturated rings. The van der Waals surface area contributed by atoms with Crippen LogP contribution in [0.5, 0.6) is 5.75 Å². The number of ketones is 1. The van der Waals surface area contributed by atoms with Crippen LogP contribution in [0.3, 0.4) is 0 Å². The van der Waals surface area contributed by atoms with Gasteiger partial charge in [0.05, 0.1) is 10.8 Å². The van der Waals surface area contributed by atoms with E-state index in [4.69, 9.17) is 4.74 Å². The second-order valence-electron chi connectivity index (χ2n) is 5.19. The summed E-state index contributed by atoms with van der Waals surface area (Å²) in [5.41, 5.74) is 1.49. The maximum Gasteiger partial charge on any atom is 0.248 e. The van der Waals surface area contributed by atoms with Gasteiger partial charge < -0.3 is 9.72 Å². The number of aromatic nitrogens is 1. The Bertz CT molecular complexity index is 951. The number of Topliss-reactive ketones (excluding diaryl/α,β-unsaturated/α-hetero) is 1. The smallest absolute Gasteiger partial charge is 0.248 e. The molecule has 3 rings (SSSR count). The van der Waals surface area contributed by atoms with Gasteiger partial charge in [0, 0.05) is 17.0 Å². The molecule has 0 aliphatic carbocycles. The molecule has 0 saturated heterocycles. The first-order valence-electron chi connectivity index (χ1n) is 7.21. The number of fused-ring (bicyclic) bond motifs is 1. The van der Waals surface area contributed by atoms with E-state index in [1.807, 2.05) is 0 Å². The van der Waals surface area contributed by atoms with Crippen LogP contribution in [0.1, 0.15) is 15.9 Å². The van der Waals surface area contributed by atoms with Crippen molar-refractivity contribution in [3.63, 3.8) is 0 Å². The number of nitrogens with one attached hydrogen (secondary N) is 1. The molecule has 6 heteroatoms. The summed E-state index contributed by atoms with van der Waals surface area (Å²) >= 11 is 3.15. The third kappa shape index (κ3) is 3.38. The van der Waals surface area contributed by atoms with Crippen LogP contribution in [-0.4, -0.2) is 16.1 Å². The molecule has 1 aromatic heterocycles. The van der Waals surface area contributed by atoms with Gasteiger partial charge in [0.25, 0.3) is 0 Å². The minimum atomic E-state index is -0.314. The number of H-pyrrole nitrogens is 1. The highest BCUT2D eigenvalue weighted by molar-refractivity contribution is 9.09. The highest BCUT2D eigenvalue weighted by Gasteiger charge is 2.13. The van der Waals surface area contributed by atoms with Crippen molar-refractivity contribution in [1.82, 2.24) is 4.98 Å². The number of carbonyl (C=O) groups excluding carboxylic acids is 1. The second kappa shape index (κ2) is 6.97. The third-order valence-corrected chi connectivity index (χ3v) is 4.10. The average Bonchev–Trinajstić information content (AvgIpc) is 2.60. The van der Waals surface area contributed by atoms with Gasteiger partial charge in [-0.3, -0.25) is 9.59 Å². The van der Waals surface area contributed by atoms with E-state index in [0.717, 1.165) is 5.56 Å². The van der Waals surface area contributed by atoms with E-state index in [9.17, 15) is 14.0 Å². The summed E-state index contributed by atoms with van der Waals surface area (Å²) in [6.07, 6.45) is 0. The zero-order valence-corrected chi connectivity index (χ0v) is 14.1. The molecule has 1 heterocycles. The summed E-state index contributed by atoms with van der Waals surface area (Å²) in [5.74, 6) is 0.0569. The molecule has 0 aliphatic heterocycles. The standard InChI is InChI=1S/C18H13BrFNO3/c19-9-15(22)13-5-7-16(18-14(13)6-8-17(23)21-18)24-10-11-1-3-12(20)4-2-11/h1-8H,9-10H2,(H,21,23). The molecular weight excluding hydrogens is 377 g/mol. The van der Waals surface area contributed by atoms with E-state index in [-0.39, 0.29) is 29.1 Å². The number of ether oxygens (including phenoxy) is 1. The minimum Gasteiger partial charge on any atom is -0.487 e. The van der Waals surface area contributed by atoms with E-state index in [1.165, 1.54) is 18.2 Å². The van der Waals surface area contributed by atoms with Crippen LogP contribution in [-0.2, 0) is 6.61 Å². The highest BCUT2D eigenvalue weighted by Crippen LogP contribution is 2.27. The van der Waals surface area contributed by atoms with Crippen molar-refractivity contribution in [3.05, 3.63) is 75.8 Å². The summed E-state index contributed by atoms with van der Waals surface area (Å²) in [5, 5.41) is 0.812. The fraction of sp³-hybridized carbons (Fsp3) is 0.111. The fourth-order valence-corrected chi connectivity index (χ4v) is 2.70. The lowest BCUT2D eigenvalue weighted by atomic mass is 10.0. The van der Waals surface area contributed by atoms with Crippen molar-refractivity contribution < 1.29 is 13.9 Å². The second-order valence-corrected chi connectivity index (χ2v) is 5.76. The Hall–Kier alpha value is -2.47. The number of benzene rings is 2. The predicted molar refractivity (Wildman–Crippen MR) is 93.4 cm³/mol. The Balaban J connectivity index is 1.98. The molecule has 2 aromatic carbocycles. The average molecular weight is 390 g/mol. The summed E-state index contributed by atoms with van der Waals surface area (Å²) in [4.78, 5) is 26.4. The molecule has 24 heavy (non-hydrogen) atoms. The predicted octanol–water partition coefficient (Wildman–Crippen LogP) is 3.82. The Morgan fingerprint density at radius 1 is 1.08 bits per heavy atom. The van der Waals surface area contributed by atoms with Crippen molar-refractivity contribution >= 4 is 32.6 Å². The first-order chi connectivity index (χ1) is 11.6. The van der Waals surface area contributed by atoms with Gasteiger partial charge >= 0.3 is 0 Å². The molecule has 0 amide bonds. The Kier molecular flexibility index (Phi) is 4.76. The quantitative estimate of drug-likeness (QED) is 0.532. The first-order valence-corrected chi connectivity index (χ1v) is 8.33. The first kappa shape index (κ1) is 16.4. The van der Waals surface area contributed by atoms with Crippen LogP contribution in [0.15, 0.2) is 53.3 Å². The van der Waals surface area contributed by atoms with Gasteiger partial charge in [0.1, 0.15) is 18.2 Å². The minimum absolute atomic E-state index is 0.0860. The van der Waals surface area contributed by atoms with Gasteiger partial charge in [-0.2, -0.15) is 0 Å². The van der Waals surface area contributed by atoms with Crippen LogP contribution in [0.4, 0.5) is 4.39 Å². The van der Waals surface area contributed by atoms with Crippen molar-refractivity contribution in [1.29, 1.82) is 0 Å². The zero-order valence-electron chi connectivity index (χ0n) is 12.5. The van der Waals surface area contributed by atoms with Gasteiger partial charge in [-0.25, -0.2) is 4.39 Å². The number of halogens is 2. The van der Waals surface area contributed by atoms with Gasteiger partial charge in [-0.05, 0) is 35.9 Å². The topological polar surface area (TPSA) is 59.2 Å². The maximum absolute atomic E-state index is 12.9. The van der Waals surface area contributed by atoms with Crippen molar-refractivity contribution in [3.8, 4) is 5.75 Å². The molecule has 3 aromatic rings. The lowest BCUT2D eigenvalue weighted by Gasteiger charge is -2.11. The summed E-state index contributed by atoms with van der Waals surface area (Å²) in [6, 6.07) is 12.3. The molecule has 0 spiro atoms. The van der Waals surface area contributed by atoms with Gasteiger partial charge in [-0.1, -0.05) is 28.1 Å². The van der Waals surface area contributed by atoms with E-state index < -0.39 is 0 Å². The SMILES string of the molecule is O=C(CBr)c1ccc(OCc2ccc(F)cc2)c2[nH]c(=O)ccc12. The van der Waals surface area contributed by atoms with E-state index in [1.54, 1.807) is 30.3 Å². The van der Waals surface area contributed by atoms with Crippen LogP contribution in [0, 0.1) is 5.82 Å². The summed E-state index contributed by atoms with van der Waals surface area (Å²) in [7, 11) is 0. The zero-order chi connectivity index (χ0) is 17.1. The molecule has 4 nitrogen and oxygen atoms in total. The number of hydrogen-bond acceptors (Lipinski definition) is 3. The molecule has 122 valence electrons. The Labute approximate surface area is 145 Å². The monoisotopic (exact) mass is 389 g/mol. The van der Waals surface area contributed by atoms with Crippen LogP contribution in [0.2, 0.25) is 0 Å². The molecule has 1 N–H and O–H groups in total. The number of rotatable bonds is 5. The lowest BCUT2D eigenvalue weighted by molar-refractivity contribution is 0.102. The van der Waals surface area contributed by atoms with E-state index in [2.05, 4.69) is 20.9 Å². The molecule has 0 radical (unpaired) electrons. The van der Waals surface area contributed by atoms with Crippen LogP contribution in [0.25, 0.3) is 10.9 Å². The van der Waals surface area contributed by atoms with Crippen molar-refractivity contribution in [2.45, 2.75) is 6.61 Å². The third-order valence-electron chi connectivity index (χ3n) is 3.59. The Morgan fingerprint density at radius 3 is 2.54 bits per heavy atom. The largest absolute Gasteiger partial charge is 0.487 e. The van der Waals surface area contributed by atoms with Gasteiger partial charge in [0.15, 0.2) is 5.78 Å². The molecule has 0 unspecified atom stereocenters. The maximum atomic E-state index is 12.9. The lowest BCUT2D eigenvalue weighted by Crippen LogP contribution is -2.08. The van der Waals surface area contributed by atoms with Crippen LogP contribution < -0.4 is 10.3 Å². The fourth-order valence-electron chi connectivity index (χ4n) is 2.40. The van der Waals surface area contributed by atoms with Crippen LogP contribution >= 0.6 is 15.9 Å². The number of hydrogen-bond donors (Lipinski definition) is 1. The molecule has 0 atom stereocenters. The van der Waals surface area contributed by atoms with Gasteiger partial charge in [-0.15, -0.1) is 0 Å². The normalized spacial score (nSPS) is 10.8. The summed E-state index contributed by atoms with van der Waals surface area (Å²) in [6.45, 7) is 0.220. The molecular formula is C18H13BrFNO3. The number of pyridine rings is 1. The molecule has 0 bridgehead atoms. The van der Waals surface area contributed by atoms with Crippen molar-refractivity contribution in [2.75, 3.05) is 5.33 Å². The number of carbonyl (C=O) groups is 1. The Morgan fingerprint density at radius 2 is 1.83 bits per heavy atom. The summed E-state index contributed by atoms with van der Waals surface area (Å²) < 4.78 is 18.7. The number of alkyl halides is 1. The number of aromatic amines is 1. The van der Waals surface area contributed by atoms with Gasteiger partial charge in [0.2, 0.25) is 5.56 Å². The highest BCUT2D eigenvalue weighted by atomic mass is 79.9. The van der Waals surface area contributed by atoms with E-state index >= 15 is 0 Å². The molecule has 0 aliphatic rings. The van der Waals surface area contributed by atoms with E-state index in [0.29, 0.717) is 22.2 Å². The van der Waals surface area contributed by atoms with Crippen molar-refractivity contribution in [2.24, 2.45) is 0 Å².